The zero-order chi connectivity index (χ0) is 20.1. The summed E-state index contributed by atoms with van der Waals surface area (Å²) in [7, 11) is -2.55. The number of amides is 1. The van der Waals surface area contributed by atoms with Crippen LogP contribution in [0.5, 0.6) is 0 Å². The third-order valence-corrected chi connectivity index (χ3v) is 6.01. The number of esters is 1. The van der Waals surface area contributed by atoms with Crippen LogP contribution in [0.2, 0.25) is 0 Å². The Bertz CT molecular complexity index is 1110. The Morgan fingerprint density at radius 1 is 1.00 bits per heavy atom. The Morgan fingerprint density at radius 2 is 1.75 bits per heavy atom. The third kappa shape index (κ3) is 4.38. The minimum atomic E-state index is -3.82. The highest BCUT2D eigenvalue weighted by molar-refractivity contribution is 7.92. The molecule has 144 valence electrons. The van der Waals surface area contributed by atoms with E-state index in [0.29, 0.717) is 5.69 Å². The number of nitrogens with one attached hydrogen (secondary N) is 2. The fraction of sp³-hybridized carbons (Fsp3) is 0.0526. The molecule has 0 radical (unpaired) electrons. The lowest BCUT2D eigenvalue weighted by Crippen LogP contribution is -2.17. The number of ether oxygens (including phenoxy) is 1. The van der Waals surface area contributed by atoms with Crippen molar-refractivity contribution in [1.29, 1.82) is 0 Å². The molecule has 0 fully saturated rings. The standard InChI is InChI=1S/C19H16N2O5S2/c1-26-19(23)13-6-5-7-14(12-13)20-18(22)17-16(10-11-27-17)21-28(24,25)15-8-3-2-4-9-15/h2-12,21H,1H3,(H,20,22). The summed E-state index contributed by atoms with van der Waals surface area (Å²) in [4.78, 5) is 24.5. The second-order valence-corrected chi connectivity index (χ2v) is 8.21. The maximum atomic E-state index is 12.6. The molecule has 0 aliphatic rings. The molecule has 1 heterocycles. The van der Waals surface area contributed by atoms with Crippen molar-refractivity contribution >= 4 is 44.6 Å². The molecule has 0 unspecified atom stereocenters. The average molecular weight is 416 g/mol. The largest absolute Gasteiger partial charge is 0.465 e. The number of sulfonamides is 1. The molecule has 7 nitrogen and oxygen atoms in total. The topological polar surface area (TPSA) is 102 Å². The fourth-order valence-corrected chi connectivity index (χ4v) is 4.30. The van der Waals surface area contributed by atoms with Crippen LogP contribution in [0.4, 0.5) is 11.4 Å². The summed E-state index contributed by atoms with van der Waals surface area (Å²) in [5.74, 6) is -1.02. The monoisotopic (exact) mass is 416 g/mol. The predicted octanol–water partition coefficient (Wildman–Crippen LogP) is 3.59. The number of hydrogen-bond donors (Lipinski definition) is 2. The first-order chi connectivity index (χ1) is 13.4. The minimum Gasteiger partial charge on any atom is -0.465 e. The molecule has 1 amide bonds. The number of rotatable bonds is 6. The van der Waals surface area contributed by atoms with Crippen molar-refractivity contribution in [2.75, 3.05) is 17.1 Å². The molecule has 0 bridgehead atoms. The zero-order valence-electron chi connectivity index (χ0n) is 14.7. The van der Waals surface area contributed by atoms with Gasteiger partial charge in [-0.15, -0.1) is 11.3 Å². The highest BCUT2D eigenvalue weighted by atomic mass is 32.2. The molecule has 0 saturated carbocycles. The van der Waals surface area contributed by atoms with Crippen LogP contribution in [0, 0.1) is 0 Å². The van der Waals surface area contributed by atoms with E-state index in [9.17, 15) is 18.0 Å². The molecule has 28 heavy (non-hydrogen) atoms. The summed E-state index contributed by atoms with van der Waals surface area (Å²) < 4.78 is 32.1. The van der Waals surface area contributed by atoms with Gasteiger partial charge in [-0.05, 0) is 41.8 Å². The van der Waals surface area contributed by atoms with Gasteiger partial charge in [0.25, 0.3) is 15.9 Å². The van der Waals surface area contributed by atoms with Gasteiger partial charge in [-0.25, -0.2) is 13.2 Å². The van der Waals surface area contributed by atoms with Crippen LogP contribution in [0.25, 0.3) is 0 Å². The van der Waals surface area contributed by atoms with Crippen molar-refractivity contribution in [2.45, 2.75) is 4.90 Å². The highest BCUT2D eigenvalue weighted by Crippen LogP contribution is 2.26. The number of thiophene rings is 1. The Kier molecular flexibility index (Phi) is 5.76. The van der Waals surface area contributed by atoms with Crippen LogP contribution in [-0.4, -0.2) is 27.4 Å². The molecule has 1 aromatic heterocycles. The number of hydrogen-bond acceptors (Lipinski definition) is 6. The van der Waals surface area contributed by atoms with Crippen LogP contribution in [0.15, 0.2) is 70.9 Å². The zero-order valence-corrected chi connectivity index (χ0v) is 16.3. The molecule has 0 spiro atoms. The lowest BCUT2D eigenvalue weighted by atomic mass is 10.2. The number of anilines is 2. The normalized spacial score (nSPS) is 10.9. The molecule has 2 N–H and O–H groups in total. The van der Waals surface area contributed by atoms with Crippen LogP contribution in [0.1, 0.15) is 20.0 Å². The first-order valence-electron chi connectivity index (χ1n) is 8.06. The summed E-state index contributed by atoms with van der Waals surface area (Å²) >= 11 is 1.10. The summed E-state index contributed by atoms with van der Waals surface area (Å²) in [6.07, 6.45) is 0. The van der Waals surface area contributed by atoms with Crippen LogP contribution in [0.3, 0.4) is 0 Å². The Hall–Kier alpha value is -3.17. The van der Waals surface area contributed by atoms with E-state index in [1.165, 1.54) is 31.4 Å². The maximum absolute atomic E-state index is 12.6. The molecular weight excluding hydrogens is 400 g/mol. The first kappa shape index (κ1) is 19.6. The van der Waals surface area contributed by atoms with Crippen LogP contribution < -0.4 is 10.0 Å². The Balaban J connectivity index is 1.80. The van der Waals surface area contributed by atoms with E-state index in [4.69, 9.17) is 0 Å². The van der Waals surface area contributed by atoms with Gasteiger partial charge in [-0.2, -0.15) is 0 Å². The fourth-order valence-electron chi connectivity index (χ4n) is 2.40. The number of methoxy groups -OCH3 is 1. The number of benzene rings is 2. The molecule has 3 aromatic rings. The first-order valence-corrected chi connectivity index (χ1v) is 10.4. The van der Waals surface area contributed by atoms with E-state index in [2.05, 4.69) is 14.8 Å². The quantitative estimate of drug-likeness (QED) is 0.598. The minimum absolute atomic E-state index is 0.0957. The van der Waals surface area contributed by atoms with Gasteiger partial charge in [0, 0.05) is 5.69 Å². The van der Waals surface area contributed by atoms with Crippen molar-refractivity contribution < 1.29 is 22.7 Å². The molecule has 9 heteroatoms. The second kappa shape index (κ2) is 8.24. The summed E-state index contributed by atoms with van der Waals surface area (Å²) in [6.45, 7) is 0. The van der Waals surface area contributed by atoms with E-state index < -0.39 is 21.9 Å². The van der Waals surface area contributed by atoms with Gasteiger partial charge in [0.1, 0.15) is 4.88 Å². The van der Waals surface area contributed by atoms with Crippen molar-refractivity contribution in [1.82, 2.24) is 0 Å². The van der Waals surface area contributed by atoms with E-state index in [1.54, 1.807) is 41.8 Å². The van der Waals surface area contributed by atoms with Crippen molar-refractivity contribution in [2.24, 2.45) is 0 Å². The van der Waals surface area contributed by atoms with Gasteiger partial charge in [-0.3, -0.25) is 9.52 Å². The van der Waals surface area contributed by atoms with Gasteiger partial charge in [0.15, 0.2) is 0 Å². The molecule has 3 rings (SSSR count). The van der Waals surface area contributed by atoms with Gasteiger partial charge in [0.2, 0.25) is 0 Å². The molecule has 2 aromatic carbocycles. The maximum Gasteiger partial charge on any atom is 0.337 e. The van der Waals surface area contributed by atoms with Gasteiger partial charge in [0.05, 0.1) is 23.3 Å². The second-order valence-electron chi connectivity index (χ2n) is 5.61. The van der Waals surface area contributed by atoms with Crippen molar-refractivity contribution in [3.63, 3.8) is 0 Å². The van der Waals surface area contributed by atoms with Gasteiger partial charge in [-0.1, -0.05) is 24.3 Å². The van der Waals surface area contributed by atoms with Crippen LogP contribution >= 0.6 is 11.3 Å². The molecule has 0 saturated heterocycles. The third-order valence-electron chi connectivity index (χ3n) is 3.71. The van der Waals surface area contributed by atoms with E-state index in [1.807, 2.05) is 0 Å². The summed E-state index contributed by atoms with van der Waals surface area (Å²) in [6, 6.07) is 15.7. The van der Waals surface area contributed by atoms with E-state index >= 15 is 0 Å². The molecule has 0 aliphatic carbocycles. The van der Waals surface area contributed by atoms with E-state index in [0.717, 1.165) is 11.3 Å². The lowest BCUT2D eigenvalue weighted by molar-refractivity contribution is 0.0600. The predicted molar refractivity (Wildman–Crippen MR) is 107 cm³/mol. The molecule has 0 aliphatic heterocycles. The number of carbonyl (C=O) groups excluding carboxylic acids is 2. The SMILES string of the molecule is COC(=O)c1cccc(NC(=O)c2sccc2NS(=O)(=O)c2ccccc2)c1. The Labute approximate surface area is 166 Å². The van der Waals surface area contributed by atoms with Gasteiger partial charge < -0.3 is 10.1 Å². The van der Waals surface area contributed by atoms with Crippen LogP contribution in [-0.2, 0) is 14.8 Å². The van der Waals surface area contributed by atoms with Gasteiger partial charge >= 0.3 is 5.97 Å². The lowest BCUT2D eigenvalue weighted by Gasteiger charge is -2.10. The van der Waals surface area contributed by atoms with Crippen molar-refractivity contribution in [3.8, 4) is 0 Å². The highest BCUT2D eigenvalue weighted by Gasteiger charge is 2.20. The Morgan fingerprint density at radius 3 is 2.46 bits per heavy atom. The molecular formula is C19H16N2O5S2. The summed E-state index contributed by atoms with van der Waals surface area (Å²) in [5.41, 5.74) is 0.852. The number of carbonyl (C=O) groups is 2. The van der Waals surface area contributed by atoms with E-state index in [-0.39, 0.29) is 21.0 Å². The smallest absolute Gasteiger partial charge is 0.337 e. The molecule has 0 atom stereocenters. The van der Waals surface area contributed by atoms with Crippen molar-refractivity contribution in [3.05, 3.63) is 76.5 Å². The average Bonchev–Trinajstić information content (AvgIpc) is 3.15. The summed E-state index contributed by atoms with van der Waals surface area (Å²) in [5, 5.41) is 4.27.